The van der Waals surface area contributed by atoms with Crippen molar-refractivity contribution in [3.05, 3.63) is 65.5 Å². The summed E-state index contributed by atoms with van der Waals surface area (Å²) in [4.78, 5) is 27.0. The zero-order valence-corrected chi connectivity index (χ0v) is 15.7. The van der Waals surface area contributed by atoms with Crippen LogP contribution in [0.25, 0.3) is 11.5 Å². The fourth-order valence-corrected chi connectivity index (χ4v) is 3.78. The summed E-state index contributed by atoms with van der Waals surface area (Å²) in [6.45, 7) is 2.24. The van der Waals surface area contributed by atoms with Crippen LogP contribution in [-0.4, -0.2) is 33.6 Å². The molecule has 0 aliphatic carbocycles. The first-order valence-electron chi connectivity index (χ1n) is 9.33. The monoisotopic (exact) mass is 390 g/mol. The lowest BCUT2D eigenvalue weighted by Crippen LogP contribution is -2.47. The molecule has 2 aliphatic heterocycles. The van der Waals surface area contributed by atoms with Gasteiger partial charge in [0.15, 0.2) is 5.54 Å². The fourth-order valence-electron chi connectivity index (χ4n) is 3.78. The molecule has 5 rings (SSSR count). The number of hydrogen-bond donors (Lipinski definition) is 1. The Kier molecular flexibility index (Phi) is 3.87. The maximum absolute atomic E-state index is 13.3. The Bertz CT molecular complexity index is 1110. The SMILES string of the molecule is Cc1ccc(-c2nnc(CN3C(=O)NC4(CCOc5ccccc54)C3=O)o2)cc1. The van der Waals surface area contributed by atoms with Crippen LogP contribution in [0.1, 0.15) is 23.4 Å². The van der Waals surface area contributed by atoms with Gasteiger partial charge >= 0.3 is 6.03 Å². The first kappa shape index (κ1) is 17.4. The van der Waals surface area contributed by atoms with E-state index in [4.69, 9.17) is 9.15 Å². The minimum atomic E-state index is -1.12. The van der Waals surface area contributed by atoms with Crippen molar-refractivity contribution in [3.8, 4) is 17.2 Å². The minimum Gasteiger partial charge on any atom is -0.493 e. The summed E-state index contributed by atoms with van der Waals surface area (Å²) >= 11 is 0. The Hall–Kier alpha value is -3.68. The van der Waals surface area contributed by atoms with Gasteiger partial charge in [-0.15, -0.1) is 10.2 Å². The Balaban J connectivity index is 1.42. The van der Waals surface area contributed by atoms with E-state index in [1.165, 1.54) is 0 Å². The molecular formula is C21H18N4O4. The molecule has 1 unspecified atom stereocenters. The molecule has 0 bridgehead atoms. The predicted molar refractivity (Wildman–Crippen MR) is 102 cm³/mol. The lowest BCUT2D eigenvalue weighted by molar-refractivity contribution is -0.133. The van der Waals surface area contributed by atoms with E-state index in [0.717, 1.165) is 16.0 Å². The van der Waals surface area contributed by atoms with Gasteiger partial charge in [0.2, 0.25) is 11.8 Å². The number of carbonyl (C=O) groups is 2. The second kappa shape index (κ2) is 6.44. The second-order valence-corrected chi connectivity index (χ2v) is 7.19. The molecule has 1 spiro atoms. The van der Waals surface area contributed by atoms with Crippen LogP contribution in [0.4, 0.5) is 4.79 Å². The Morgan fingerprint density at radius 2 is 1.90 bits per heavy atom. The molecular weight excluding hydrogens is 372 g/mol. The molecule has 8 heteroatoms. The Morgan fingerprint density at radius 1 is 1.10 bits per heavy atom. The van der Waals surface area contributed by atoms with Gasteiger partial charge in [0.1, 0.15) is 12.3 Å². The highest BCUT2D eigenvalue weighted by molar-refractivity contribution is 6.07. The molecule has 2 aliphatic rings. The van der Waals surface area contributed by atoms with Crippen LogP contribution in [0.3, 0.4) is 0 Å². The van der Waals surface area contributed by atoms with Crippen molar-refractivity contribution in [2.75, 3.05) is 6.61 Å². The van der Waals surface area contributed by atoms with Crippen LogP contribution in [0.5, 0.6) is 5.75 Å². The van der Waals surface area contributed by atoms with E-state index < -0.39 is 11.6 Å². The normalized spacial score (nSPS) is 20.5. The molecule has 2 aromatic carbocycles. The highest BCUT2D eigenvalue weighted by atomic mass is 16.5. The molecule has 0 radical (unpaired) electrons. The first-order valence-corrected chi connectivity index (χ1v) is 9.33. The number of nitrogens with zero attached hydrogens (tertiary/aromatic N) is 3. The van der Waals surface area contributed by atoms with Crippen molar-refractivity contribution in [2.24, 2.45) is 0 Å². The molecule has 1 fully saturated rings. The molecule has 1 N–H and O–H groups in total. The average Bonchev–Trinajstić information content (AvgIpc) is 3.29. The Morgan fingerprint density at radius 3 is 2.72 bits per heavy atom. The summed E-state index contributed by atoms with van der Waals surface area (Å²) in [5.74, 6) is 0.807. The third-order valence-electron chi connectivity index (χ3n) is 5.32. The number of para-hydroxylation sites is 1. The van der Waals surface area contributed by atoms with E-state index in [1.54, 1.807) is 12.1 Å². The van der Waals surface area contributed by atoms with Crippen molar-refractivity contribution >= 4 is 11.9 Å². The third-order valence-corrected chi connectivity index (χ3v) is 5.32. The summed E-state index contributed by atoms with van der Waals surface area (Å²) in [6.07, 6.45) is 0.365. The summed E-state index contributed by atoms with van der Waals surface area (Å²) in [7, 11) is 0. The predicted octanol–water partition coefficient (Wildman–Crippen LogP) is 2.77. The zero-order chi connectivity index (χ0) is 20.0. The smallest absolute Gasteiger partial charge is 0.325 e. The van der Waals surface area contributed by atoms with E-state index >= 15 is 0 Å². The number of hydrogen-bond acceptors (Lipinski definition) is 6. The van der Waals surface area contributed by atoms with E-state index in [1.807, 2.05) is 43.3 Å². The molecule has 3 heterocycles. The van der Waals surface area contributed by atoms with E-state index in [0.29, 0.717) is 30.2 Å². The van der Waals surface area contributed by atoms with Gasteiger partial charge in [-0.25, -0.2) is 4.79 Å². The number of amides is 3. The molecule has 1 atom stereocenters. The number of rotatable bonds is 3. The number of carbonyl (C=O) groups excluding carboxylic acids is 2. The first-order chi connectivity index (χ1) is 14.1. The van der Waals surface area contributed by atoms with Crippen molar-refractivity contribution in [2.45, 2.75) is 25.4 Å². The quantitative estimate of drug-likeness (QED) is 0.691. The Labute approximate surface area is 166 Å². The lowest BCUT2D eigenvalue weighted by atomic mass is 9.84. The molecule has 0 saturated carbocycles. The standard InChI is InChI=1S/C21H18N4O4/c1-13-6-8-14(9-7-13)18-24-23-17(29-18)12-25-19(26)21(22-20(25)27)10-11-28-16-5-3-2-4-15(16)21/h2-9H,10-12H2,1H3,(H,22,27). The molecule has 1 aromatic heterocycles. The number of fused-ring (bicyclic) bond motifs is 2. The minimum absolute atomic E-state index is 0.0890. The largest absolute Gasteiger partial charge is 0.493 e. The van der Waals surface area contributed by atoms with Gasteiger partial charge in [-0.3, -0.25) is 9.69 Å². The number of nitrogens with one attached hydrogen (secondary N) is 1. The number of imide groups is 1. The van der Waals surface area contributed by atoms with Crippen molar-refractivity contribution < 1.29 is 18.7 Å². The maximum atomic E-state index is 13.3. The van der Waals surface area contributed by atoms with Gasteiger partial charge in [-0.1, -0.05) is 35.9 Å². The topological polar surface area (TPSA) is 97.6 Å². The molecule has 1 saturated heterocycles. The summed E-state index contributed by atoms with van der Waals surface area (Å²) < 4.78 is 11.3. The number of aromatic nitrogens is 2. The summed E-state index contributed by atoms with van der Waals surface area (Å²) in [5, 5.41) is 10.9. The fraction of sp³-hybridized carbons (Fsp3) is 0.238. The van der Waals surface area contributed by atoms with Gasteiger partial charge in [0.25, 0.3) is 5.91 Å². The number of ether oxygens (including phenoxy) is 1. The van der Waals surface area contributed by atoms with Gasteiger partial charge in [0.05, 0.1) is 6.61 Å². The van der Waals surface area contributed by atoms with Crippen LogP contribution < -0.4 is 10.1 Å². The number of urea groups is 1. The van der Waals surface area contributed by atoms with Crippen molar-refractivity contribution in [1.82, 2.24) is 20.4 Å². The number of aryl methyl sites for hydroxylation is 1. The van der Waals surface area contributed by atoms with Gasteiger partial charge < -0.3 is 14.5 Å². The summed E-state index contributed by atoms with van der Waals surface area (Å²) in [6, 6.07) is 14.4. The lowest BCUT2D eigenvalue weighted by Gasteiger charge is -2.33. The van der Waals surface area contributed by atoms with E-state index in [-0.39, 0.29) is 18.3 Å². The zero-order valence-electron chi connectivity index (χ0n) is 15.7. The van der Waals surface area contributed by atoms with Gasteiger partial charge in [0, 0.05) is 17.5 Å². The molecule has 8 nitrogen and oxygen atoms in total. The van der Waals surface area contributed by atoms with Crippen molar-refractivity contribution in [1.29, 1.82) is 0 Å². The average molecular weight is 390 g/mol. The van der Waals surface area contributed by atoms with E-state index in [2.05, 4.69) is 15.5 Å². The van der Waals surface area contributed by atoms with Gasteiger partial charge in [-0.2, -0.15) is 0 Å². The van der Waals surface area contributed by atoms with Crippen LogP contribution in [-0.2, 0) is 16.9 Å². The van der Waals surface area contributed by atoms with Crippen LogP contribution in [0.15, 0.2) is 52.9 Å². The van der Waals surface area contributed by atoms with Crippen LogP contribution >= 0.6 is 0 Å². The highest BCUT2D eigenvalue weighted by Crippen LogP contribution is 2.41. The van der Waals surface area contributed by atoms with Gasteiger partial charge in [-0.05, 0) is 25.1 Å². The van der Waals surface area contributed by atoms with E-state index in [9.17, 15) is 9.59 Å². The highest BCUT2D eigenvalue weighted by Gasteiger charge is 2.55. The summed E-state index contributed by atoms with van der Waals surface area (Å²) in [5.41, 5.74) is 1.44. The third kappa shape index (κ3) is 2.75. The van der Waals surface area contributed by atoms with Crippen molar-refractivity contribution in [3.63, 3.8) is 0 Å². The molecule has 29 heavy (non-hydrogen) atoms. The number of benzene rings is 2. The molecule has 146 valence electrons. The van der Waals surface area contributed by atoms with Crippen LogP contribution in [0.2, 0.25) is 0 Å². The van der Waals surface area contributed by atoms with Crippen LogP contribution in [0, 0.1) is 6.92 Å². The second-order valence-electron chi connectivity index (χ2n) is 7.19. The maximum Gasteiger partial charge on any atom is 0.325 e. The molecule has 3 amide bonds. The molecule has 3 aromatic rings.